The number of amides is 1. The maximum absolute atomic E-state index is 13.0. The third-order valence-corrected chi connectivity index (χ3v) is 5.05. The van der Waals surface area contributed by atoms with Crippen LogP contribution in [0.3, 0.4) is 0 Å². The van der Waals surface area contributed by atoms with Crippen LogP contribution in [0.5, 0.6) is 0 Å². The van der Waals surface area contributed by atoms with Gasteiger partial charge in [-0.2, -0.15) is 5.10 Å². The lowest BCUT2D eigenvalue weighted by atomic mass is 10.0. The van der Waals surface area contributed by atoms with Gasteiger partial charge in [0.2, 0.25) is 5.91 Å². The van der Waals surface area contributed by atoms with E-state index in [-0.39, 0.29) is 11.5 Å². The fourth-order valence-corrected chi connectivity index (χ4v) is 3.48. The van der Waals surface area contributed by atoms with Gasteiger partial charge in [-0.15, -0.1) is 5.10 Å². The number of rotatable bonds is 5. The SMILES string of the molecule is Cc1cc(C)n(-c2ccc(=O)n(C(C)C(=O)Nc3ccccc3-c3ccccc3)n2)n1. The summed E-state index contributed by atoms with van der Waals surface area (Å²) in [5.41, 5.74) is 3.95. The van der Waals surface area contributed by atoms with Gasteiger partial charge >= 0.3 is 0 Å². The Bertz CT molecular complexity index is 1290. The molecule has 0 bridgehead atoms. The largest absolute Gasteiger partial charge is 0.324 e. The summed E-state index contributed by atoms with van der Waals surface area (Å²) in [5, 5.41) is 11.8. The predicted molar refractivity (Wildman–Crippen MR) is 120 cm³/mol. The van der Waals surface area contributed by atoms with Crippen molar-refractivity contribution in [2.75, 3.05) is 5.32 Å². The molecule has 0 aliphatic heterocycles. The molecule has 1 N–H and O–H groups in total. The summed E-state index contributed by atoms with van der Waals surface area (Å²) >= 11 is 0. The number of nitrogens with zero attached hydrogens (tertiary/aromatic N) is 4. The molecular weight excluding hydrogens is 390 g/mol. The van der Waals surface area contributed by atoms with Crippen molar-refractivity contribution in [1.82, 2.24) is 19.6 Å². The third-order valence-electron chi connectivity index (χ3n) is 5.05. The highest BCUT2D eigenvalue weighted by Crippen LogP contribution is 2.28. The predicted octanol–water partition coefficient (Wildman–Crippen LogP) is 3.91. The first-order valence-electron chi connectivity index (χ1n) is 10.0. The number of carbonyl (C=O) groups is 1. The van der Waals surface area contributed by atoms with Crippen molar-refractivity contribution in [1.29, 1.82) is 0 Å². The molecule has 0 spiro atoms. The van der Waals surface area contributed by atoms with Crippen LogP contribution in [0.4, 0.5) is 5.69 Å². The molecule has 0 aliphatic rings. The summed E-state index contributed by atoms with van der Waals surface area (Å²) in [6.07, 6.45) is 0. The normalized spacial score (nSPS) is 11.8. The van der Waals surface area contributed by atoms with E-state index in [2.05, 4.69) is 15.5 Å². The van der Waals surface area contributed by atoms with E-state index in [1.807, 2.05) is 74.5 Å². The van der Waals surface area contributed by atoms with Crippen LogP contribution in [0.15, 0.2) is 77.6 Å². The second kappa shape index (κ2) is 8.39. The number of para-hydroxylation sites is 1. The average Bonchev–Trinajstić information content (AvgIpc) is 3.12. The molecule has 0 aliphatic carbocycles. The Morgan fingerprint density at radius 3 is 2.35 bits per heavy atom. The summed E-state index contributed by atoms with van der Waals surface area (Å²) in [5.74, 6) is 0.151. The van der Waals surface area contributed by atoms with Gasteiger partial charge in [0.15, 0.2) is 5.82 Å². The van der Waals surface area contributed by atoms with Crippen molar-refractivity contribution < 1.29 is 4.79 Å². The lowest BCUT2D eigenvalue weighted by Crippen LogP contribution is -2.33. The quantitative estimate of drug-likeness (QED) is 0.538. The van der Waals surface area contributed by atoms with Crippen molar-refractivity contribution in [2.24, 2.45) is 0 Å². The van der Waals surface area contributed by atoms with Gasteiger partial charge in [0.1, 0.15) is 6.04 Å². The van der Waals surface area contributed by atoms with Gasteiger partial charge in [-0.05, 0) is 44.5 Å². The third kappa shape index (κ3) is 4.16. The molecule has 4 aromatic rings. The smallest absolute Gasteiger partial charge is 0.267 e. The second-order valence-corrected chi connectivity index (χ2v) is 7.39. The fraction of sp³-hybridized carbons (Fsp3) is 0.167. The Labute approximate surface area is 180 Å². The Kier molecular flexibility index (Phi) is 5.49. The van der Waals surface area contributed by atoms with Crippen LogP contribution >= 0.6 is 0 Å². The van der Waals surface area contributed by atoms with Crippen LogP contribution in [0, 0.1) is 13.8 Å². The van der Waals surface area contributed by atoms with Crippen LogP contribution in [0.2, 0.25) is 0 Å². The zero-order chi connectivity index (χ0) is 22.0. The molecule has 0 saturated carbocycles. The number of hydrogen-bond donors (Lipinski definition) is 1. The molecule has 7 nitrogen and oxygen atoms in total. The molecule has 2 heterocycles. The molecule has 4 rings (SSSR count). The fourth-order valence-electron chi connectivity index (χ4n) is 3.48. The average molecular weight is 413 g/mol. The topological polar surface area (TPSA) is 81.8 Å². The van der Waals surface area contributed by atoms with Crippen molar-refractivity contribution in [3.8, 4) is 16.9 Å². The monoisotopic (exact) mass is 413 g/mol. The summed E-state index contributed by atoms with van der Waals surface area (Å²) in [6, 6.07) is 21.5. The van der Waals surface area contributed by atoms with Gasteiger partial charge in [-0.3, -0.25) is 9.59 Å². The Morgan fingerprint density at radius 1 is 0.935 bits per heavy atom. The lowest BCUT2D eigenvalue weighted by molar-refractivity contribution is -0.119. The molecule has 0 saturated heterocycles. The van der Waals surface area contributed by atoms with Gasteiger partial charge in [-0.1, -0.05) is 48.5 Å². The molecule has 0 radical (unpaired) electrons. The molecule has 156 valence electrons. The summed E-state index contributed by atoms with van der Waals surface area (Å²) < 4.78 is 2.84. The van der Waals surface area contributed by atoms with Crippen LogP contribution in [0.25, 0.3) is 16.9 Å². The Morgan fingerprint density at radius 2 is 1.65 bits per heavy atom. The van der Waals surface area contributed by atoms with E-state index in [0.29, 0.717) is 11.5 Å². The van der Waals surface area contributed by atoms with Crippen LogP contribution < -0.4 is 10.9 Å². The van der Waals surface area contributed by atoms with Crippen molar-refractivity contribution in [3.63, 3.8) is 0 Å². The minimum atomic E-state index is -0.812. The molecule has 7 heteroatoms. The molecule has 31 heavy (non-hydrogen) atoms. The standard InChI is InChI=1S/C24H23N5O2/c1-16-15-17(2)28(26-16)22-13-14-23(30)29(27-22)18(3)24(31)25-21-12-8-7-11-20(21)19-9-5-4-6-10-19/h4-15,18H,1-3H3,(H,25,31). The van der Waals surface area contributed by atoms with Gasteiger partial charge in [0.25, 0.3) is 5.56 Å². The first kappa shape index (κ1) is 20.3. The summed E-state index contributed by atoms with van der Waals surface area (Å²) in [6.45, 7) is 5.45. The summed E-state index contributed by atoms with van der Waals surface area (Å²) in [7, 11) is 0. The highest BCUT2D eigenvalue weighted by atomic mass is 16.2. The zero-order valence-electron chi connectivity index (χ0n) is 17.6. The molecule has 1 unspecified atom stereocenters. The number of anilines is 1. The van der Waals surface area contributed by atoms with E-state index < -0.39 is 6.04 Å². The lowest BCUT2D eigenvalue weighted by Gasteiger charge is -2.17. The summed E-state index contributed by atoms with van der Waals surface area (Å²) in [4.78, 5) is 25.5. The highest BCUT2D eigenvalue weighted by molar-refractivity contribution is 5.97. The van der Waals surface area contributed by atoms with Crippen LogP contribution in [-0.4, -0.2) is 25.5 Å². The highest BCUT2D eigenvalue weighted by Gasteiger charge is 2.20. The van der Waals surface area contributed by atoms with E-state index >= 15 is 0 Å². The Hall–Kier alpha value is -4.00. The van der Waals surface area contributed by atoms with Crippen molar-refractivity contribution in [2.45, 2.75) is 26.8 Å². The van der Waals surface area contributed by atoms with E-state index in [0.717, 1.165) is 22.5 Å². The molecule has 2 aromatic carbocycles. The maximum Gasteiger partial charge on any atom is 0.267 e. The van der Waals surface area contributed by atoms with E-state index in [1.54, 1.807) is 17.7 Å². The van der Waals surface area contributed by atoms with E-state index in [4.69, 9.17) is 0 Å². The molecule has 2 aromatic heterocycles. The minimum absolute atomic E-state index is 0.330. The van der Waals surface area contributed by atoms with Crippen molar-refractivity contribution >= 4 is 11.6 Å². The van der Waals surface area contributed by atoms with Crippen LogP contribution in [-0.2, 0) is 4.79 Å². The molecule has 0 fully saturated rings. The number of benzene rings is 2. The number of nitrogens with one attached hydrogen (secondary N) is 1. The minimum Gasteiger partial charge on any atom is -0.324 e. The van der Waals surface area contributed by atoms with Gasteiger partial charge < -0.3 is 5.32 Å². The number of hydrogen-bond acceptors (Lipinski definition) is 4. The number of aromatic nitrogens is 4. The van der Waals surface area contributed by atoms with Gasteiger partial charge in [0.05, 0.1) is 5.69 Å². The van der Waals surface area contributed by atoms with E-state index in [1.165, 1.54) is 10.7 Å². The molecular formula is C24H23N5O2. The van der Waals surface area contributed by atoms with Gasteiger partial charge in [-0.25, -0.2) is 9.36 Å². The number of aryl methyl sites for hydroxylation is 2. The second-order valence-electron chi connectivity index (χ2n) is 7.39. The zero-order valence-corrected chi connectivity index (χ0v) is 17.6. The first-order valence-corrected chi connectivity index (χ1v) is 10.0. The van der Waals surface area contributed by atoms with Crippen molar-refractivity contribution in [3.05, 3.63) is 94.5 Å². The first-order chi connectivity index (χ1) is 14.9. The number of carbonyl (C=O) groups excluding carboxylic acids is 1. The van der Waals surface area contributed by atoms with Crippen LogP contribution in [0.1, 0.15) is 24.4 Å². The molecule has 1 atom stereocenters. The van der Waals surface area contributed by atoms with E-state index in [9.17, 15) is 9.59 Å². The van der Waals surface area contributed by atoms with Gasteiger partial charge in [0, 0.05) is 23.0 Å². The molecule has 1 amide bonds. The Balaban J connectivity index is 1.64. The maximum atomic E-state index is 13.0.